The van der Waals surface area contributed by atoms with Gasteiger partial charge in [-0.1, -0.05) is 48.0 Å². The van der Waals surface area contributed by atoms with E-state index in [1.165, 1.54) is 11.1 Å². The molecule has 1 heterocycles. The maximum Gasteiger partial charge on any atom is 0.411 e. The fraction of sp³-hybridized carbons (Fsp3) is 0.167. The van der Waals surface area contributed by atoms with Crippen LogP contribution in [0.15, 0.2) is 66.7 Å². The van der Waals surface area contributed by atoms with E-state index in [-0.39, 0.29) is 12.5 Å². The predicted molar refractivity (Wildman–Crippen MR) is 122 cm³/mol. The van der Waals surface area contributed by atoms with E-state index in [1.807, 2.05) is 48.5 Å². The third-order valence-electron chi connectivity index (χ3n) is 4.97. The first-order chi connectivity index (χ1) is 15.1. The van der Waals surface area contributed by atoms with Crippen molar-refractivity contribution in [3.63, 3.8) is 0 Å². The van der Waals surface area contributed by atoms with Crippen molar-refractivity contribution in [2.45, 2.75) is 19.6 Å². The number of hydrogen-bond donors (Lipinski definition) is 3. The van der Waals surface area contributed by atoms with Gasteiger partial charge in [-0.15, -0.1) is 0 Å². The molecule has 7 heteroatoms. The van der Waals surface area contributed by atoms with Gasteiger partial charge >= 0.3 is 6.09 Å². The summed E-state index contributed by atoms with van der Waals surface area (Å²) < 4.78 is 5.22. The Morgan fingerprint density at radius 3 is 2.61 bits per heavy atom. The fourth-order valence-corrected chi connectivity index (χ4v) is 3.67. The number of fused-ring (bicyclic) bond motifs is 1. The van der Waals surface area contributed by atoms with E-state index in [9.17, 15) is 9.59 Å². The monoisotopic (exact) mass is 435 g/mol. The third kappa shape index (κ3) is 5.63. The highest BCUT2D eigenvalue weighted by Gasteiger charge is 2.13. The van der Waals surface area contributed by atoms with Gasteiger partial charge in [-0.05, 0) is 60.0 Å². The number of rotatable bonds is 5. The van der Waals surface area contributed by atoms with Crippen LogP contribution in [0.1, 0.15) is 27.0 Å². The average molecular weight is 436 g/mol. The van der Waals surface area contributed by atoms with Crippen LogP contribution in [0.3, 0.4) is 0 Å². The molecule has 0 saturated carbocycles. The van der Waals surface area contributed by atoms with E-state index in [0.717, 1.165) is 25.1 Å². The Kier molecular flexibility index (Phi) is 6.50. The van der Waals surface area contributed by atoms with Gasteiger partial charge in [0.2, 0.25) is 0 Å². The van der Waals surface area contributed by atoms with Gasteiger partial charge in [-0.25, -0.2) is 4.79 Å². The number of benzene rings is 3. The maximum absolute atomic E-state index is 12.8. The Hall–Kier alpha value is -3.35. The van der Waals surface area contributed by atoms with E-state index in [4.69, 9.17) is 16.3 Å². The second kappa shape index (κ2) is 9.64. The molecule has 3 N–H and O–H groups in total. The van der Waals surface area contributed by atoms with Crippen molar-refractivity contribution < 1.29 is 14.3 Å². The van der Waals surface area contributed by atoms with Crippen molar-refractivity contribution >= 4 is 35.0 Å². The standard InChI is InChI=1S/C24H22ClN3O3/c25-20-10-18(23(29)27-21-7-6-17-8-9-26-14-19(17)12-21)11-22(13-20)28-24(30)31-15-16-4-2-1-3-5-16/h1-7,10-13,26H,8-9,14-15H2,(H,27,29)(H,28,30). The van der Waals surface area contributed by atoms with Crippen LogP contribution in [0, 0.1) is 0 Å². The molecule has 4 rings (SSSR count). The molecular weight excluding hydrogens is 414 g/mol. The van der Waals surface area contributed by atoms with Crippen molar-refractivity contribution in [2.24, 2.45) is 0 Å². The van der Waals surface area contributed by atoms with Crippen LogP contribution in [0.25, 0.3) is 0 Å². The van der Waals surface area contributed by atoms with Crippen LogP contribution in [-0.2, 0) is 24.3 Å². The van der Waals surface area contributed by atoms with Crippen molar-refractivity contribution in [1.82, 2.24) is 5.32 Å². The SMILES string of the molecule is O=C(Nc1cc(Cl)cc(C(=O)Nc2ccc3c(c2)CNCC3)c1)OCc1ccccc1. The van der Waals surface area contributed by atoms with Gasteiger partial charge in [0.25, 0.3) is 5.91 Å². The van der Waals surface area contributed by atoms with Gasteiger partial charge in [0, 0.05) is 28.5 Å². The fourth-order valence-electron chi connectivity index (χ4n) is 3.43. The van der Waals surface area contributed by atoms with Gasteiger partial charge < -0.3 is 15.4 Å². The van der Waals surface area contributed by atoms with Crippen molar-refractivity contribution in [3.8, 4) is 0 Å². The van der Waals surface area contributed by atoms with Crippen molar-refractivity contribution in [1.29, 1.82) is 0 Å². The molecule has 3 aromatic rings. The van der Waals surface area contributed by atoms with Gasteiger partial charge in [0.1, 0.15) is 6.61 Å². The summed E-state index contributed by atoms with van der Waals surface area (Å²) in [5.41, 5.74) is 4.78. The lowest BCUT2D eigenvalue weighted by Gasteiger charge is -2.18. The Bertz CT molecular complexity index is 1100. The average Bonchev–Trinajstić information content (AvgIpc) is 2.78. The molecule has 0 atom stereocenters. The zero-order valence-electron chi connectivity index (χ0n) is 16.8. The lowest BCUT2D eigenvalue weighted by molar-refractivity contribution is 0.102. The highest BCUT2D eigenvalue weighted by Crippen LogP contribution is 2.23. The van der Waals surface area contributed by atoms with E-state index in [0.29, 0.717) is 22.0 Å². The summed E-state index contributed by atoms with van der Waals surface area (Å²) in [4.78, 5) is 24.9. The summed E-state index contributed by atoms with van der Waals surface area (Å²) in [6.07, 6.45) is 0.354. The lowest BCUT2D eigenvalue weighted by atomic mass is 10.0. The number of anilines is 2. The molecule has 158 valence electrons. The summed E-state index contributed by atoms with van der Waals surface area (Å²) in [6, 6.07) is 20.0. The minimum Gasteiger partial charge on any atom is -0.444 e. The van der Waals surface area contributed by atoms with Gasteiger partial charge in [-0.2, -0.15) is 0 Å². The predicted octanol–water partition coefficient (Wildman–Crippen LogP) is 4.99. The van der Waals surface area contributed by atoms with Crippen LogP contribution in [0.5, 0.6) is 0 Å². The molecule has 0 fully saturated rings. The molecular formula is C24H22ClN3O3. The zero-order chi connectivity index (χ0) is 21.6. The minimum absolute atomic E-state index is 0.147. The van der Waals surface area contributed by atoms with Crippen LogP contribution in [0.2, 0.25) is 5.02 Å². The first-order valence-electron chi connectivity index (χ1n) is 9.99. The topological polar surface area (TPSA) is 79.5 Å². The molecule has 1 aliphatic rings. The summed E-state index contributed by atoms with van der Waals surface area (Å²) in [6.45, 7) is 1.90. The Labute approximate surface area is 185 Å². The summed E-state index contributed by atoms with van der Waals surface area (Å²) in [5.74, 6) is -0.313. The Balaban J connectivity index is 1.41. The largest absolute Gasteiger partial charge is 0.444 e. The van der Waals surface area contributed by atoms with E-state index in [1.54, 1.807) is 18.2 Å². The van der Waals surface area contributed by atoms with E-state index >= 15 is 0 Å². The van der Waals surface area contributed by atoms with Crippen LogP contribution in [0.4, 0.5) is 16.2 Å². The second-order valence-electron chi connectivity index (χ2n) is 7.28. The summed E-state index contributed by atoms with van der Waals surface area (Å²) in [5, 5.41) is 9.17. The molecule has 0 spiro atoms. The minimum atomic E-state index is -0.625. The Morgan fingerprint density at radius 1 is 0.935 bits per heavy atom. The van der Waals surface area contributed by atoms with E-state index < -0.39 is 6.09 Å². The molecule has 0 saturated heterocycles. The number of nitrogens with one attached hydrogen (secondary N) is 3. The molecule has 0 unspecified atom stereocenters. The number of ether oxygens (including phenoxy) is 1. The highest BCUT2D eigenvalue weighted by atomic mass is 35.5. The maximum atomic E-state index is 12.8. The summed E-state index contributed by atoms with van der Waals surface area (Å²) >= 11 is 6.17. The molecule has 6 nitrogen and oxygen atoms in total. The van der Waals surface area contributed by atoms with Crippen LogP contribution >= 0.6 is 11.6 Å². The number of amides is 2. The third-order valence-corrected chi connectivity index (χ3v) is 5.19. The molecule has 0 aliphatic carbocycles. The number of carbonyl (C=O) groups excluding carboxylic acids is 2. The van der Waals surface area contributed by atoms with Gasteiger partial charge in [0.05, 0.1) is 0 Å². The number of hydrogen-bond acceptors (Lipinski definition) is 4. The van der Waals surface area contributed by atoms with Crippen molar-refractivity contribution in [2.75, 3.05) is 17.2 Å². The number of carbonyl (C=O) groups is 2. The normalized spacial score (nSPS) is 12.5. The summed E-state index contributed by atoms with van der Waals surface area (Å²) in [7, 11) is 0. The molecule has 1 aliphatic heterocycles. The van der Waals surface area contributed by atoms with Gasteiger partial charge in [-0.3, -0.25) is 10.1 Å². The second-order valence-corrected chi connectivity index (χ2v) is 7.72. The molecule has 31 heavy (non-hydrogen) atoms. The van der Waals surface area contributed by atoms with Crippen molar-refractivity contribution in [3.05, 3.63) is 94.0 Å². The number of halogens is 1. The van der Waals surface area contributed by atoms with E-state index in [2.05, 4.69) is 16.0 Å². The first-order valence-corrected chi connectivity index (χ1v) is 10.4. The lowest BCUT2D eigenvalue weighted by Crippen LogP contribution is -2.23. The molecule has 2 amide bonds. The first kappa shape index (κ1) is 20.9. The highest BCUT2D eigenvalue weighted by molar-refractivity contribution is 6.31. The smallest absolute Gasteiger partial charge is 0.411 e. The molecule has 0 aromatic heterocycles. The molecule has 0 bridgehead atoms. The zero-order valence-corrected chi connectivity index (χ0v) is 17.5. The van der Waals surface area contributed by atoms with Crippen LogP contribution in [-0.4, -0.2) is 18.5 Å². The van der Waals surface area contributed by atoms with Crippen LogP contribution < -0.4 is 16.0 Å². The van der Waals surface area contributed by atoms with Gasteiger partial charge in [0.15, 0.2) is 0 Å². The quantitative estimate of drug-likeness (QED) is 0.527. The molecule has 0 radical (unpaired) electrons. The Morgan fingerprint density at radius 2 is 1.77 bits per heavy atom. The molecule has 3 aromatic carbocycles.